The van der Waals surface area contributed by atoms with Gasteiger partial charge >= 0.3 is 6.03 Å². The number of nitrogens with two attached hydrogens (primary N) is 1. The second-order valence-electron chi connectivity index (χ2n) is 5.34. The van der Waals surface area contributed by atoms with Gasteiger partial charge in [0.25, 0.3) is 0 Å². The lowest BCUT2D eigenvalue weighted by Crippen LogP contribution is -2.42. The molecule has 5 heteroatoms. The predicted molar refractivity (Wildman–Crippen MR) is 72.5 cm³/mol. The monoisotopic (exact) mass is 254 g/mol. The van der Waals surface area contributed by atoms with Crippen LogP contribution in [-0.2, 0) is 0 Å². The highest BCUT2D eigenvalue weighted by Gasteiger charge is 2.24. The third-order valence-corrected chi connectivity index (χ3v) is 4.09. The molecule has 0 spiro atoms. The molecular formula is C13H26N4O. The molecule has 3 N–H and O–H groups in total. The van der Waals surface area contributed by atoms with E-state index in [2.05, 4.69) is 10.2 Å². The van der Waals surface area contributed by atoms with E-state index in [9.17, 15) is 4.79 Å². The van der Waals surface area contributed by atoms with Gasteiger partial charge in [-0.1, -0.05) is 12.8 Å². The minimum Gasteiger partial charge on any atom is -0.336 e. The summed E-state index contributed by atoms with van der Waals surface area (Å²) in [5.74, 6) is 0. The molecule has 2 aliphatic rings. The van der Waals surface area contributed by atoms with E-state index in [4.69, 9.17) is 5.73 Å². The van der Waals surface area contributed by atoms with Gasteiger partial charge in [0.2, 0.25) is 0 Å². The van der Waals surface area contributed by atoms with Crippen LogP contribution in [0, 0.1) is 0 Å². The summed E-state index contributed by atoms with van der Waals surface area (Å²) < 4.78 is 0. The second kappa shape index (κ2) is 6.95. The molecule has 18 heavy (non-hydrogen) atoms. The minimum absolute atomic E-state index is 0.0974. The van der Waals surface area contributed by atoms with E-state index in [1.54, 1.807) is 0 Å². The molecule has 1 heterocycles. The fraction of sp³-hybridized carbons (Fsp3) is 0.923. The van der Waals surface area contributed by atoms with Crippen molar-refractivity contribution < 1.29 is 4.79 Å². The number of amides is 2. The topological polar surface area (TPSA) is 61.6 Å². The van der Waals surface area contributed by atoms with E-state index in [1.165, 1.54) is 25.7 Å². The van der Waals surface area contributed by atoms with Crippen LogP contribution in [0.15, 0.2) is 0 Å². The first kappa shape index (κ1) is 13.6. The highest BCUT2D eigenvalue weighted by molar-refractivity contribution is 5.76. The summed E-state index contributed by atoms with van der Waals surface area (Å²) in [6.07, 6.45) is 6.40. The molecule has 2 fully saturated rings. The zero-order chi connectivity index (χ0) is 12.8. The third-order valence-electron chi connectivity index (χ3n) is 4.09. The molecule has 0 aromatic heterocycles. The normalized spacial score (nSPS) is 21.0. The number of rotatable bonds is 7. The van der Waals surface area contributed by atoms with Crippen molar-refractivity contribution >= 4 is 6.03 Å². The SMILES string of the molecule is NCCCN(CCN1CCNC1=O)C1CCCC1. The summed E-state index contributed by atoms with van der Waals surface area (Å²) in [5, 5.41) is 2.85. The largest absolute Gasteiger partial charge is 0.336 e. The van der Waals surface area contributed by atoms with E-state index in [0.29, 0.717) is 0 Å². The van der Waals surface area contributed by atoms with Gasteiger partial charge < -0.3 is 16.0 Å². The smallest absolute Gasteiger partial charge is 0.317 e. The van der Waals surface area contributed by atoms with E-state index < -0.39 is 0 Å². The van der Waals surface area contributed by atoms with Crippen molar-refractivity contribution in [1.29, 1.82) is 0 Å². The molecule has 1 aliphatic carbocycles. The molecule has 0 aromatic carbocycles. The Labute approximate surface area is 110 Å². The summed E-state index contributed by atoms with van der Waals surface area (Å²) in [7, 11) is 0. The highest BCUT2D eigenvalue weighted by atomic mass is 16.2. The van der Waals surface area contributed by atoms with Crippen LogP contribution in [0.4, 0.5) is 4.79 Å². The van der Waals surface area contributed by atoms with Crippen LogP contribution in [0.2, 0.25) is 0 Å². The maximum absolute atomic E-state index is 11.5. The maximum atomic E-state index is 11.5. The summed E-state index contributed by atoms with van der Waals surface area (Å²) in [4.78, 5) is 16.0. The van der Waals surface area contributed by atoms with Crippen molar-refractivity contribution in [2.24, 2.45) is 5.73 Å². The first-order valence-corrected chi connectivity index (χ1v) is 7.28. The summed E-state index contributed by atoms with van der Waals surface area (Å²) in [5.41, 5.74) is 5.61. The molecular weight excluding hydrogens is 228 g/mol. The van der Waals surface area contributed by atoms with Crippen LogP contribution in [0.1, 0.15) is 32.1 Å². The average Bonchev–Trinajstić information content (AvgIpc) is 3.01. The number of carbonyl (C=O) groups excluding carboxylic acids is 1. The Hall–Kier alpha value is -0.810. The van der Waals surface area contributed by atoms with Crippen molar-refractivity contribution in [2.45, 2.75) is 38.1 Å². The molecule has 1 aliphatic heterocycles. The van der Waals surface area contributed by atoms with Crippen molar-refractivity contribution in [2.75, 3.05) is 39.3 Å². The molecule has 2 rings (SSSR count). The number of nitrogens with one attached hydrogen (secondary N) is 1. The van der Waals surface area contributed by atoms with Crippen LogP contribution < -0.4 is 11.1 Å². The number of hydrogen-bond acceptors (Lipinski definition) is 3. The van der Waals surface area contributed by atoms with Crippen molar-refractivity contribution in [3.8, 4) is 0 Å². The van der Waals surface area contributed by atoms with Gasteiger partial charge in [-0.15, -0.1) is 0 Å². The Kier molecular flexibility index (Phi) is 5.26. The number of nitrogens with zero attached hydrogens (tertiary/aromatic N) is 2. The molecule has 0 bridgehead atoms. The lowest BCUT2D eigenvalue weighted by Gasteiger charge is -2.30. The Morgan fingerprint density at radius 3 is 2.72 bits per heavy atom. The minimum atomic E-state index is 0.0974. The summed E-state index contributed by atoms with van der Waals surface area (Å²) in [6.45, 7) is 5.34. The summed E-state index contributed by atoms with van der Waals surface area (Å²) in [6, 6.07) is 0.822. The molecule has 2 amide bonds. The van der Waals surface area contributed by atoms with Gasteiger partial charge in [-0.05, 0) is 32.4 Å². The molecule has 0 radical (unpaired) electrons. The van der Waals surface area contributed by atoms with Crippen LogP contribution in [-0.4, -0.2) is 61.1 Å². The molecule has 0 atom stereocenters. The number of hydrogen-bond donors (Lipinski definition) is 2. The van der Waals surface area contributed by atoms with Crippen molar-refractivity contribution in [1.82, 2.24) is 15.1 Å². The van der Waals surface area contributed by atoms with Gasteiger partial charge in [-0.3, -0.25) is 4.90 Å². The Bertz CT molecular complexity index is 266. The van der Waals surface area contributed by atoms with Gasteiger partial charge in [0.1, 0.15) is 0 Å². The number of urea groups is 1. The van der Waals surface area contributed by atoms with Crippen molar-refractivity contribution in [3.63, 3.8) is 0 Å². The molecule has 1 saturated heterocycles. The van der Waals surface area contributed by atoms with Gasteiger partial charge in [0.05, 0.1) is 0 Å². The first-order valence-electron chi connectivity index (χ1n) is 7.28. The zero-order valence-electron chi connectivity index (χ0n) is 11.2. The van der Waals surface area contributed by atoms with E-state index >= 15 is 0 Å². The van der Waals surface area contributed by atoms with Gasteiger partial charge in [0, 0.05) is 32.2 Å². The van der Waals surface area contributed by atoms with Crippen LogP contribution >= 0.6 is 0 Å². The van der Waals surface area contributed by atoms with Gasteiger partial charge in [0.15, 0.2) is 0 Å². The van der Waals surface area contributed by atoms with Gasteiger partial charge in [-0.2, -0.15) is 0 Å². The average molecular weight is 254 g/mol. The van der Waals surface area contributed by atoms with E-state index in [0.717, 1.165) is 51.7 Å². The molecule has 1 saturated carbocycles. The molecule has 5 nitrogen and oxygen atoms in total. The molecule has 0 unspecified atom stereocenters. The molecule has 104 valence electrons. The van der Waals surface area contributed by atoms with Crippen LogP contribution in [0.3, 0.4) is 0 Å². The Morgan fingerprint density at radius 1 is 1.33 bits per heavy atom. The Balaban J connectivity index is 1.78. The third kappa shape index (κ3) is 3.59. The lowest BCUT2D eigenvalue weighted by molar-refractivity contribution is 0.170. The Morgan fingerprint density at radius 2 is 2.11 bits per heavy atom. The lowest BCUT2D eigenvalue weighted by atomic mass is 10.2. The standard InChI is InChI=1S/C13H26N4O/c14-6-3-8-16(12-4-1-2-5-12)10-11-17-9-7-15-13(17)18/h12H,1-11,14H2,(H,15,18). The van der Waals surface area contributed by atoms with Crippen LogP contribution in [0.25, 0.3) is 0 Å². The van der Waals surface area contributed by atoms with Crippen LogP contribution in [0.5, 0.6) is 0 Å². The van der Waals surface area contributed by atoms with Crippen molar-refractivity contribution in [3.05, 3.63) is 0 Å². The first-order chi connectivity index (χ1) is 8.81. The van der Waals surface area contributed by atoms with Gasteiger partial charge in [-0.25, -0.2) is 4.79 Å². The highest BCUT2D eigenvalue weighted by Crippen LogP contribution is 2.23. The van der Waals surface area contributed by atoms with E-state index in [-0.39, 0.29) is 6.03 Å². The summed E-state index contributed by atoms with van der Waals surface area (Å²) >= 11 is 0. The second-order valence-corrected chi connectivity index (χ2v) is 5.34. The molecule has 0 aromatic rings. The zero-order valence-corrected chi connectivity index (χ0v) is 11.2. The number of carbonyl (C=O) groups is 1. The van der Waals surface area contributed by atoms with E-state index in [1.807, 2.05) is 4.90 Å². The maximum Gasteiger partial charge on any atom is 0.317 e. The fourth-order valence-corrected chi connectivity index (χ4v) is 3.01. The fourth-order valence-electron chi connectivity index (χ4n) is 3.01. The predicted octanol–water partition coefficient (Wildman–Crippen LogP) is 0.605. The quantitative estimate of drug-likeness (QED) is 0.699.